The minimum Gasteiger partial charge on any atom is -0.444 e. The van der Waals surface area contributed by atoms with Gasteiger partial charge in [0.05, 0.1) is 12.7 Å². The van der Waals surface area contributed by atoms with Gasteiger partial charge in [-0.2, -0.15) is 0 Å². The average Bonchev–Trinajstić information content (AvgIpc) is 2.58. The fourth-order valence-electron chi connectivity index (χ4n) is 1.10. The van der Waals surface area contributed by atoms with Crippen LogP contribution in [0.25, 0.3) is 0 Å². The molecule has 1 unspecified atom stereocenters. The molecular weight excluding hydrogens is 194 g/mol. The van der Waals surface area contributed by atoms with Crippen LogP contribution in [0, 0.1) is 6.92 Å². The Balaban J connectivity index is 2.22. The van der Waals surface area contributed by atoms with E-state index in [9.17, 15) is 4.79 Å². The van der Waals surface area contributed by atoms with Crippen molar-refractivity contribution in [3.63, 3.8) is 0 Å². The zero-order chi connectivity index (χ0) is 11.3. The highest BCUT2D eigenvalue weighted by Gasteiger charge is 2.05. The Morgan fingerprint density at radius 2 is 2.47 bits per heavy atom. The number of aryl methyl sites for hydroxylation is 1. The maximum Gasteiger partial charge on any atom is 0.220 e. The fraction of sp³-hybridized carbons (Fsp3) is 0.600. The van der Waals surface area contributed by atoms with Crippen molar-refractivity contribution in [2.75, 3.05) is 0 Å². The van der Waals surface area contributed by atoms with Crippen molar-refractivity contribution in [3.05, 3.63) is 17.8 Å². The van der Waals surface area contributed by atoms with Gasteiger partial charge in [0.2, 0.25) is 11.8 Å². The predicted octanol–water partition coefficient (Wildman–Crippen LogP) is 0.727. The largest absolute Gasteiger partial charge is 0.444 e. The lowest BCUT2D eigenvalue weighted by Crippen LogP contribution is -2.25. The normalized spacial score (nSPS) is 12.5. The first kappa shape index (κ1) is 11.7. The Hall–Kier alpha value is -1.36. The molecule has 15 heavy (non-hydrogen) atoms. The first-order valence-electron chi connectivity index (χ1n) is 5.01. The van der Waals surface area contributed by atoms with Gasteiger partial charge in [-0.05, 0) is 20.3 Å². The summed E-state index contributed by atoms with van der Waals surface area (Å²) in [7, 11) is 0. The molecule has 0 spiro atoms. The van der Waals surface area contributed by atoms with E-state index in [1.165, 1.54) is 0 Å². The number of aromatic nitrogens is 1. The zero-order valence-electron chi connectivity index (χ0n) is 9.12. The second-order valence-electron chi connectivity index (χ2n) is 3.66. The first-order chi connectivity index (χ1) is 7.08. The molecule has 0 aliphatic heterocycles. The number of oxazole rings is 1. The van der Waals surface area contributed by atoms with E-state index in [0.29, 0.717) is 25.3 Å². The third-order valence-electron chi connectivity index (χ3n) is 1.93. The number of nitrogens with zero attached hydrogens (tertiary/aromatic N) is 1. The Kier molecular flexibility index (Phi) is 4.30. The molecular formula is C10H17N3O2. The number of carbonyl (C=O) groups excluding carboxylic acids is 1. The zero-order valence-corrected chi connectivity index (χ0v) is 9.12. The molecule has 0 fully saturated rings. The van der Waals surface area contributed by atoms with Crippen LogP contribution < -0.4 is 11.1 Å². The summed E-state index contributed by atoms with van der Waals surface area (Å²) < 4.78 is 5.21. The molecule has 1 aromatic heterocycles. The molecule has 5 heteroatoms. The van der Waals surface area contributed by atoms with E-state index >= 15 is 0 Å². The van der Waals surface area contributed by atoms with Gasteiger partial charge < -0.3 is 15.5 Å². The van der Waals surface area contributed by atoms with E-state index in [4.69, 9.17) is 10.2 Å². The van der Waals surface area contributed by atoms with Crippen LogP contribution in [-0.2, 0) is 11.3 Å². The van der Waals surface area contributed by atoms with Gasteiger partial charge in [-0.3, -0.25) is 4.79 Å². The number of rotatable bonds is 5. The van der Waals surface area contributed by atoms with Crippen LogP contribution in [0.4, 0.5) is 0 Å². The van der Waals surface area contributed by atoms with Gasteiger partial charge >= 0.3 is 0 Å². The summed E-state index contributed by atoms with van der Waals surface area (Å²) in [6.07, 6.45) is 2.76. The van der Waals surface area contributed by atoms with E-state index in [0.717, 1.165) is 5.76 Å². The van der Waals surface area contributed by atoms with Crippen molar-refractivity contribution in [2.45, 2.75) is 39.3 Å². The molecule has 0 saturated carbocycles. The molecule has 5 nitrogen and oxygen atoms in total. The molecule has 1 aromatic rings. The monoisotopic (exact) mass is 211 g/mol. The van der Waals surface area contributed by atoms with E-state index in [-0.39, 0.29) is 11.9 Å². The van der Waals surface area contributed by atoms with Crippen LogP contribution in [0.3, 0.4) is 0 Å². The van der Waals surface area contributed by atoms with Crippen LogP contribution in [0.5, 0.6) is 0 Å². The van der Waals surface area contributed by atoms with Crippen LogP contribution in [0.15, 0.2) is 10.6 Å². The van der Waals surface area contributed by atoms with Crippen molar-refractivity contribution in [2.24, 2.45) is 5.73 Å². The van der Waals surface area contributed by atoms with Crippen LogP contribution >= 0.6 is 0 Å². The van der Waals surface area contributed by atoms with Gasteiger partial charge in [-0.1, -0.05) is 0 Å². The van der Waals surface area contributed by atoms with Crippen molar-refractivity contribution in [3.8, 4) is 0 Å². The Morgan fingerprint density at radius 3 is 3.00 bits per heavy atom. The highest BCUT2D eigenvalue weighted by molar-refractivity contribution is 5.75. The second kappa shape index (κ2) is 5.50. The topological polar surface area (TPSA) is 81.2 Å². The smallest absolute Gasteiger partial charge is 0.220 e. The number of hydrogen-bond donors (Lipinski definition) is 2. The molecule has 1 rings (SSSR count). The highest BCUT2D eigenvalue weighted by atomic mass is 16.4. The SMILES string of the molecule is Cc1cnc(CNC(=O)CCC(C)N)o1. The van der Waals surface area contributed by atoms with Gasteiger partial charge in [0.15, 0.2) is 0 Å². The quantitative estimate of drug-likeness (QED) is 0.752. The molecule has 0 aromatic carbocycles. The summed E-state index contributed by atoms with van der Waals surface area (Å²) in [6, 6.07) is 0.0553. The first-order valence-corrected chi connectivity index (χ1v) is 5.01. The summed E-state index contributed by atoms with van der Waals surface area (Å²) in [4.78, 5) is 15.3. The lowest BCUT2D eigenvalue weighted by molar-refractivity contribution is -0.121. The van der Waals surface area contributed by atoms with E-state index in [1.54, 1.807) is 6.20 Å². The maximum atomic E-state index is 11.3. The van der Waals surface area contributed by atoms with Gasteiger partial charge in [0, 0.05) is 12.5 Å². The molecule has 0 aliphatic rings. The Bertz CT molecular complexity index is 320. The lowest BCUT2D eigenvalue weighted by atomic mass is 10.2. The number of nitrogens with two attached hydrogens (primary N) is 1. The third kappa shape index (κ3) is 4.60. The standard InChI is InChI=1S/C10H17N3O2/c1-7(11)3-4-9(14)12-6-10-13-5-8(2)15-10/h5,7H,3-4,6,11H2,1-2H3,(H,12,14). The molecule has 1 amide bonds. The van der Waals surface area contributed by atoms with Gasteiger partial charge in [0.1, 0.15) is 5.76 Å². The van der Waals surface area contributed by atoms with Crippen LogP contribution in [0.1, 0.15) is 31.4 Å². The third-order valence-corrected chi connectivity index (χ3v) is 1.93. The number of nitrogens with one attached hydrogen (secondary N) is 1. The molecule has 1 atom stereocenters. The Morgan fingerprint density at radius 1 is 1.73 bits per heavy atom. The predicted molar refractivity (Wildman–Crippen MR) is 56.0 cm³/mol. The fourth-order valence-corrected chi connectivity index (χ4v) is 1.10. The van der Waals surface area contributed by atoms with Gasteiger partial charge in [-0.15, -0.1) is 0 Å². The molecule has 0 aliphatic carbocycles. The average molecular weight is 211 g/mol. The number of hydrogen-bond acceptors (Lipinski definition) is 4. The lowest BCUT2D eigenvalue weighted by Gasteiger charge is -2.04. The summed E-state index contributed by atoms with van der Waals surface area (Å²) in [5.74, 6) is 1.25. The maximum absolute atomic E-state index is 11.3. The molecule has 0 saturated heterocycles. The van der Waals surface area contributed by atoms with Crippen molar-refractivity contribution < 1.29 is 9.21 Å². The van der Waals surface area contributed by atoms with Crippen molar-refractivity contribution >= 4 is 5.91 Å². The Labute approximate surface area is 89.1 Å². The van der Waals surface area contributed by atoms with Crippen molar-refractivity contribution in [1.29, 1.82) is 0 Å². The van der Waals surface area contributed by atoms with Crippen LogP contribution in [0.2, 0.25) is 0 Å². The summed E-state index contributed by atoms with van der Waals surface area (Å²) in [5.41, 5.74) is 5.54. The summed E-state index contributed by atoms with van der Waals surface area (Å²) in [5, 5.41) is 2.72. The minimum atomic E-state index is -0.0249. The highest BCUT2D eigenvalue weighted by Crippen LogP contribution is 2.01. The molecule has 84 valence electrons. The number of amides is 1. The molecule has 1 heterocycles. The minimum absolute atomic E-state index is 0.0249. The van der Waals surface area contributed by atoms with Crippen molar-refractivity contribution in [1.82, 2.24) is 10.3 Å². The molecule has 0 radical (unpaired) electrons. The molecule has 3 N–H and O–H groups in total. The second-order valence-corrected chi connectivity index (χ2v) is 3.66. The van der Waals surface area contributed by atoms with Crippen LogP contribution in [-0.4, -0.2) is 16.9 Å². The van der Waals surface area contributed by atoms with Gasteiger partial charge in [-0.25, -0.2) is 4.98 Å². The summed E-state index contributed by atoms with van der Waals surface area (Å²) >= 11 is 0. The van der Waals surface area contributed by atoms with E-state index in [2.05, 4.69) is 10.3 Å². The number of carbonyl (C=O) groups is 1. The van der Waals surface area contributed by atoms with E-state index in [1.807, 2.05) is 13.8 Å². The van der Waals surface area contributed by atoms with Gasteiger partial charge in [0.25, 0.3) is 0 Å². The molecule has 0 bridgehead atoms. The summed E-state index contributed by atoms with van der Waals surface area (Å²) in [6.45, 7) is 4.03. The van der Waals surface area contributed by atoms with E-state index < -0.39 is 0 Å².